The molecule has 2 N–H and O–H groups in total. The molecular weight excluding hydrogens is 572 g/mol. The highest BCUT2D eigenvalue weighted by atomic mass is 19.3. The maximum atomic E-state index is 15.0. The molecule has 0 spiro atoms. The van der Waals surface area contributed by atoms with Crippen molar-refractivity contribution in [3.8, 4) is 0 Å². The monoisotopic (exact) mass is 605 g/mol. The van der Waals surface area contributed by atoms with Crippen molar-refractivity contribution in [2.45, 2.75) is 49.6 Å². The van der Waals surface area contributed by atoms with Gasteiger partial charge >= 0.3 is 18.4 Å². The smallest absolute Gasteiger partial charge is 0.315 e. The number of hydroxylamine groups is 2. The predicted octanol–water partition coefficient (Wildman–Crippen LogP) is 6.98. The topological polar surface area (TPSA) is 53.6 Å². The van der Waals surface area contributed by atoms with Gasteiger partial charge in [-0.2, -0.15) is 8.78 Å². The number of carbonyl (C=O) groups excluding carboxylic acids is 1. The van der Waals surface area contributed by atoms with Crippen molar-refractivity contribution in [1.82, 2.24) is 15.7 Å². The van der Waals surface area contributed by atoms with E-state index in [0.717, 1.165) is 30.0 Å². The third-order valence-electron chi connectivity index (χ3n) is 7.81. The summed E-state index contributed by atoms with van der Waals surface area (Å²) in [5.41, 5.74) is -0.216. The summed E-state index contributed by atoms with van der Waals surface area (Å²) < 4.78 is 83.3. The molecule has 11 heteroatoms. The van der Waals surface area contributed by atoms with Gasteiger partial charge in [-0.3, -0.25) is 9.90 Å². The summed E-state index contributed by atoms with van der Waals surface area (Å²) in [4.78, 5) is 18.7. The second-order valence-corrected chi connectivity index (χ2v) is 10.8. The lowest BCUT2D eigenvalue weighted by molar-refractivity contribution is -0.127. The van der Waals surface area contributed by atoms with Gasteiger partial charge < -0.3 is 10.6 Å². The maximum Gasteiger partial charge on any atom is 0.315 e. The van der Waals surface area contributed by atoms with Crippen LogP contribution < -0.4 is 10.6 Å². The van der Waals surface area contributed by atoms with E-state index in [9.17, 15) is 26.7 Å². The summed E-state index contributed by atoms with van der Waals surface area (Å²) in [5.74, 6) is -5.86. The summed E-state index contributed by atoms with van der Waals surface area (Å²) in [6, 6.07) is 16.1. The Hall–Kier alpha value is -3.99. The van der Waals surface area contributed by atoms with Gasteiger partial charge in [0.1, 0.15) is 11.6 Å². The van der Waals surface area contributed by atoms with Crippen molar-refractivity contribution >= 4 is 6.03 Å². The van der Waals surface area contributed by atoms with Gasteiger partial charge in [-0.25, -0.2) is 22.4 Å². The summed E-state index contributed by atoms with van der Waals surface area (Å²) in [5, 5.41) is 7.35. The predicted molar refractivity (Wildman–Crippen MR) is 150 cm³/mol. The van der Waals surface area contributed by atoms with Crippen molar-refractivity contribution in [3.05, 3.63) is 119 Å². The van der Waals surface area contributed by atoms with Crippen LogP contribution in [0.4, 0.5) is 31.1 Å². The Bertz CT molecular complexity index is 1410. The van der Waals surface area contributed by atoms with Crippen LogP contribution in [0, 0.1) is 17.6 Å². The zero-order valence-electron chi connectivity index (χ0n) is 23.7. The highest BCUT2D eigenvalue weighted by molar-refractivity contribution is 5.76. The number of nitrogens with one attached hydrogen (secondary N) is 2. The van der Waals surface area contributed by atoms with Crippen LogP contribution in [-0.2, 0) is 23.2 Å². The average molecular weight is 606 g/mol. The standard InChI is InChI=1S/C32H33F6N3O2/c1-20(41(2)43-3)23-15-28(16-23)39-30(42)40-31(18-21-7-5-4-6-8-21,24-9-11-26(33)12-10-24)25-13-22(14-27(34)17-25)19-32(37,38)29(35)36/h4-14,17,23,28-29H,1,15-16,18-19H2,2-3H3,(H2,39,40,42)/t23-,28+,31-/m1/s1. The molecule has 1 fully saturated rings. The number of nitrogens with zero attached hydrogens (tertiary/aromatic N) is 1. The quantitative estimate of drug-likeness (QED) is 0.173. The lowest BCUT2D eigenvalue weighted by Gasteiger charge is -2.41. The maximum absolute atomic E-state index is 15.0. The first-order chi connectivity index (χ1) is 20.3. The number of carbonyl (C=O) groups is 1. The van der Waals surface area contributed by atoms with E-state index in [4.69, 9.17) is 4.84 Å². The van der Waals surface area contributed by atoms with Crippen LogP contribution in [0.3, 0.4) is 0 Å². The highest BCUT2D eigenvalue weighted by Crippen LogP contribution is 2.38. The van der Waals surface area contributed by atoms with Gasteiger partial charge in [0.25, 0.3) is 0 Å². The minimum atomic E-state index is -4.41. The van der Waals surface area contributed by atoms with E-state index < -0.39 is 42.0 Å². The van der Waals surface area contributed by atoms with Gasteiger partial charge in [0.05, 0.1) is 12.6 Å². The molecule has 0 bridgehead atoms. The molecule has 0 heterocycles. The molecule has 1 aliphatic carbocycles. The Morgan fingerprint density at radius 2 is 1.60 bits per heavy atom. The Morgan fingerprint density at radius 1 is 0.953 bits per heavy atom. The molecule has 0 saturated heterocycles. The van der Waals surface area contributed by atoms with Crippen molar-refractivity contribution < 1.29 is 36.0 Å². The number of rotatable bonds is 12. The number of benzene rings is 3. The summed E-state index contributed by atoms with van der Waals surface area (Å²) in [6.45, 7) is 4.01. The van der Waals surface area contributed by atoms with E-state index in [0.29, 0.717) is 24.0 Å². The van der Waals surface area contributed by atoms with Gasteiger partial charge in [0, 0.05) is 37.5 Å². The van der Waals surface area contributed by atoms with Crippen molar-refractivity contribution in [3.63, 3.8) is 0 Å². The first-order valence-electron chi connectivity index (χ1n) is 13.6. The van der Waals surface area contributed by atoms with E-state index in [1.807, 2.05) is 0 Å². The summed E-state index contributed by atoms with van der Waals surface area (Å²) in [7, 11) is 3.24. The normalized spacial score (nSPS) is 18.0. The number of hydrogen-bond acceptors (Lipinski definition) is 3. The second kappa shape index (κ2) is 13.1. The number of hydrogen-bond donors (Lipinski definition) is 2. The molecule has 4 rings (SSSR count). The van der Waals surface area contributed by atoms with Gasteiger partial charge in [-0.15, -0.1) is 0 Å². The fourth-order valence-electron chi connectivity index (χ4n) is 5.34. The van der Waals surface area contributed by atoms with Crippen molar-refractivity contribution in [2.75, 3.05) is 14.2 Å². The molecule has 0 unspecified atom stereocenters. The minimum absolute atomic E-state index is 0.00373. The molecule has 1 saturated carbocycles. The lowest BCUT2D eigenvalue weighted by Crippen LogP contribution is -2.56. The summed E-state index contributed by atoms with van der Waals surface area (Å²) in [6.07, 6.45) is -4.22. The third-order valence-corrected chi connectivity index (χ3v) is 7.81. The first-order valence-corrected chi connectivity index (χ1v) is 13.6. The molecular formula is C32H33F6N3O2. The molecule has 0 aromatic heterocycles. The fourth-order valence-corrected chi connectivity index (χ4v) is 5.34. The number of urea groups is 1. The van der Waals surface area contributed by atoms with Crippen LogP contribution in [0.2, 0.25) is 0 Å². The Balaban J connectivity index is 1.74. The average Bonchev–Trinajstić information content (AvgIpc) is 2.93. The van der Waals surface area contributed by atoms with E-state index in [1.54, 1.807) is 42.4 Å². The number of alkyl halides is 4. The van der Waals surface area contributed by atoms with Gasteiger partial charge in [-0.05, 0) is 59.4 Å². The fraction of sp³-hybridized carbons (Fsp3) is 0.344. The van der Waals surface area contributed by atoms with Crippen molar-refractivity contribution in [1.29, 1.82) is 0 Å². The number of allylic oxidation sites excluding steroid dienone is 1. The minimum Gasteiger partial charge on any atom is -0.335 e. The molecule has 3 aromatic carbocycles. The Labute approximate surface area is 246 Å². The van der Waals surface area contributed by atoms with E-state index in [2.05, 4.69) is 17.2 Å². The van der Waals surface area contributed by atoms with Crippen LogP contribution in [0.15, 0.2) is 85.1 Å². The largest absolute Gasteiger partial charge is 0.335 e. The van der Waals surface area contributed by atoms with Crippen LogP contribution in [-0.4, -0.2) is 43.6 Å². The van der Waals surface area contributed by atoms with E-state index in [1.165, 1.54) is 25.3 Å². The van der Waals surface area contributed by atoms with Gasteiger partial charge in [0.2, 0.25) is 0 Å². The molecule has 0 radical (unpaired) electrons. The molecule has 1 atom stereocenters. The van der Waals surface area contributed by atoms with Crippen LogP contribution in [0.5, 0.6) is 0 Å². The van der Waals surface area contributed by atoms with Gasteiger partial charge in [-0.1, -0.05) is 55.1 Å². The third kappa shape index (κ3) is 7.51. The molecule has 0 aliphatic heterocycles. The van der Waals surface area contributed by atoms with E-state index in [-0.39, 0.29) is 29.5 Å². The molecule has 1 aliphatic rings. The van der Waals surface area contributed by atoms with Crippen LogP contribution >= 0.6 is 0 Å². The molecule has 3 aromatic rings. The SMILES string of the molecule is C=C([C@H]1C[C@@H](NC(=O)N[C@](Cc2ccccc2)(c2ccc(F)cc2)c2cc(F)cc(CC(F)(F)C(F)F)c2)C1)N(C)OC. The molecule has 230 valence electrons. The zero-order chi connectivity index (χ0) is 31.4. The van der Waals surface area contributed by atoms with Crippen LogP contribution in [0.1, 0.15) is 35.1 Å². The zero-order valence-corrected chi connectivity index (χ0v) is 23.7. The first kappa shape index (κ1) is 31.9. The number of amides is 2. The number of halogens is 6. The van der Waals surface area contributed by atoms with E-state index >= 15 is 4.39 Å². The van der Waals surface area contributed by atoms with Crippen molar-refractivity contribution in [2.24, 2.45) is 5.92 Å². The molecule has 5 nitrogen and oxygen atoms in total. The Kier molecular flexibility index (Phi) is 9.74. The lowest BCUT2D eigenvalue weighted by atomic mass is 9.76. The summed E-state index contributed by atoms with van der Waals surface area (Å²) >= 11 is 0. The highest BCUT2D eigenvalue weighted by Gasteiger charge is 2.43. The Morgan fingerprint density at radius 3 is 2.21 bits per heavy atom. The van der Waals surface area contributed by atoms with Crippen LogP contribution in [0.25, 0.3) is 0 Å². The van der Waals surface area contributed by atoms with Gasteiger partial charge in [0.15, 0.2) is 0 Å². The second-order valence-electron chi connectivity index (χ2n) is 10.8. The molecule has 2 amide bonds. The molecule has 43 heavy (non-hydrogen) atoms.